The second kappa shape index (κ2) is 10.7. The summed E-state index contributed by atoms with van der Waals surface area (Å²) in [6.45, 7) is 5.93. The summed E-state index contributed by atoms with van der Waals surface area (Å²) in [6.07, 6.45) is -1.66. The molecule has 2 unspecified atom stereocenters. The average Bonchev–Trinajstić information content (AvgIpc) is 3.28. The molecule has 8 atom stereocenters. The Kier molecular flexibility index (Phi) is 8.34. The number of carbonyl (C=O) groups excluding carboxylic acids is 2. The quantitative estimate of drug-likeness (QED) is 0.206. The molecule has 0 aromatic rings. The number of rotatable bonds is 10. The maximum absolute atomic E-state index is 12.7. The second-order valence-corrected chi connectivity index (χ2v) is 11.3. The van der Waals surface area contributed by atoms with E-state index in [1.165, 1.54) is 28.4 Å². The Morgan fingerprint density at radius 3 is 2.67 bits per heavy atom. The third-order valence-electron chi connectivity index (χ3n) is 6.29. The Labute approximate surface area is 201 Å². The van der Waals surface area contributed by atoms with Crippen molar-refractivity contribution in [3.05, 3.63) is 10.6 Å². The van der Waals surface area contributed by atoms with Gasteiger partial charge in [-0.2, -0.15) is 5.26 Å². The Balaban J connectivity index is 1.71. The van der Waals surface area contributed by atoms with Crippen LogP contribution in [0.5, 0.6) is 0 Å². The zero-order valence-electron chi connectivity index (χ0n) is 18.7. The maximum atomic E-state index is 12.7. The first-order chi connectivity index (χ1) is 15.6. The minimum Gasteiger partial charge on any atom is -0.477 e. The lowest BCUT2D eigenvalue weighted by atomic mass is 9.79. The number of β-lactam (4-membered cyclic amide) rings is 1. The molecule has 0 aromatic heterocycles. The first-order valence-electron chi connectivity index (χ1n) is 11.0. The predicted molar refractivity (Wildman–Crippen MR) is 124 cm³/mol. The highest BCUT2D eigenvalue weighted by Gasteiger charge is 2.60. The van der Waals surface area contributed by atoms with Crippen molar-refractivity contribution >= 4 is 41.3 Å². The smallest absolute Gasteiger partial charge is 0.353 e. The van der Waals surface area contributed by atoms with Gasteiger partial charge in [0, 0.05) is 28.7 Å². The van der Waals surface area contributed by atoms with Crippen LogP contribution in [0.1, 0.15) is 33.6 Å². The van der Waals surface area contributed by atoms with Crippen molar-refractivity contribution in [1.29, 1.82) is 5.26 Å². The van der Waals surface area contributed by atoms with E-state index in [1.54, 1.807) is 6.92 Å². The first-order valence-corrected chi connectivity index (χ1v) is 12.9. The molecule has 0 aliphatic carbocycles. The lowest BCUT2D eigenvalue weighted by molar-refractivity contribution is -0.163. The number of aliphatic hydroxyl groups is 2. The predicted octanol–water partition coefficient (Wildman–Crippen LogP) is 0.0738. The highest BCUT2D eigenvalue weighted by atomic mass is 32.2. The van der Waals surface area contributed by atoms with Crippen LogP contribution < -0.4 is 10.6 Å². The molecule has 3 rings (SSSR count). The van der Waals surface area contributed by atoms with Gasteiger partial charge in [-0.3, -0.25) is 9.59 Å². The molecule has 0 saturated carbocycles. The SMILES string of the molecule is CCSC(C(=O)NC(O)CC#N)[C@@H]1C[C@H](SC2=C(C(=O)O)N3C(=O)[C@H]([C@@H](C)O)[C@H]3[C@H]2C)CN1. The summed E-state index contributed by atoms with van der Waals surface area (Å²) in [7, 11) is 0. The molecule has 0 aromatic carbocycles. The zero-order valence-corrected chi connectivity index (χ0v) is 20.4. The molecule has 33 heavy (non-hydrogen) atoms. The van der Waals surface area contributed by atoms with E-state index in [0.29, 0.717) is 23.6 Å². The van der Waals surface area contributed by atoms with Gasteiger partial charge in [-0.1, -0.05) is 13.8 Å². The molecule has 0 spiro atoms. The van der Waals surface area contributed by atoms with Crippen molar-refractivity contribution in [2.24, 2.45) is 11.8 Å². The van der Waals surface area contributed by atoms with E-state index in [1.807, 2.05) is 19.9 Å². The van der Waals surface area contributed by atoms with Gasteiger partial charge in [-0.15, -0.1) is 23.5 Å². The number of carbonyl (C=O) groups is 3. The van der Waals surface area contributed by atoms with Crippen LogP contribution in [0.25, 0.3) is 0 Å². The van der Waals surface area contributed by atoms with Crippen molar-refractivity contribution in [1.82, 2.24) is 15.5 Å². The van der Waals surface area contributed by atoms with Crippen molar-refractivity contribution in [2.75, 3.05) is 12.3 Å². The van der Waals surface area contributed by atoms with E-state index >= 15 is 0 Å². The van der Waals surface area contributed by atoms with E-state index in [4.69, 9.17) is 5.26 Å². The highest BCUT2D eigenvalue weighted by Crippen LogP contribution is 2.52. The number of nitriles is 1. The number of amides is 2. The fraction of sp³-hybridized carbons (Fsp3) is 0.714. The van der Waals surface area contributed by atoms with Gasteiger partial charge in [-0.25, -0.2) is 4.79 Å². The van der Waals surface area contributed by atoms with Crippen molar-refractivity contribution in [2.45, 2.75) is 68.5 Å². The number of fused-ring (bicyclic) bond motifs is 1. The largest absolute Gasteiger partial charge is 0.477 e. The normalized spacial score (nSPS) is 31.5. The molecule has 3 aliphatic rings. The molecular weight excluding hydrogens is 468 g/mol. The number of carboxylic acids is 1. The van der Waals surface area contributed by atoms with Crippen LogP contribution in [-0.2, 0) is 14.4 Å². The van der Waals surface area contributed by atoms with Crippen LogP contribution in [-0.4, -0.2) is 85.2 Å². The number of nitrogens with one attached hydrogen (secondary N) is 2. The van der Waals surface area contributed by atoms with Crippen molar-refractivity contribution in [3.8, 4) is 6.07 Å². The molecule has 0 radical (unpaired) electrons. The topological polar surface area (TPSA) is 163 Å². The maximum Gasteiger partial charge on any atom is 0.353 e. The number of nitrogens with zero attached hydrogens (tertiary/aromatic N) is 2. The molecule has 2 saturated heterocycles. The standard InChI is InChI=1S/C21H30N4O6S2/c1-4-32-18(19(28)24-13(27)5-6-22)12-7-11(8-23-12)33-17-9(2)15-14(10(3)26)20(29)25(15)16(17)21(30)31/h9-15,18,23,26-27H,4-5,7-8H2,1-3H3,(H,24,28)(H,30,31)/t9-,10-,11+,12+,13?,14-,15-,18?/m1/s1. The van der Waals surface area contributed by atoms with E-state index in [9.17, 15) is 29.7 Å². The summed E-state index contributed by atoms with van der Waals surface area (Å²) in [5, 5.41) is 43.6. The van der Waals surface area contributed by atoms with Gasteiger partial charge in [0.05, 0.1) is 35.8 Å². The average molecular weight is 499 g/mol. The molecule has 5 N–H and O–H groups in total. The Bertz CT molecular complexity index is 875. The van der Waals surface area contributed by atoms with Crippen LogP contribution in [0.4, 0.5) is 0 Å². The van der Waals surface area contributed by atoms with E-state index in [2.05, 4.69) is 10.6 Å². The van der Waals surface area contributed by atoms with Gasteiger partial charge in [0.25, 0.3) is 0 Å². The highest BCUT2D eigenvalue weighted by molar-refractivity contribution is 8.03. The summed E-state index contributed by atoms with van der Waals surface area (Å²) in [5.41, 5.74) is -0.000276. The summed E-state index contributed by atoms with van der Waals surface area (Å²) in [4.78, 5) is 39.1. The number of thioether (sulfide) groups is 2. The second-order valence-electron chi connectivity index (χ2n) is 8.52. The van der Waals surface area contributed by atoms with Crippen LogP contribution in [0, 0.1) is 23.2 Å². The monoisotopic (exact) mass is 498 g/mol. The Morgan fingerprint density at radius 1 is 1.39 bits per heavy atom. The molecule has 10 nitrogen and oxygen atoms in total. The molecule has 3 aliphatic heterocycles. The van der Waals surface area contributed by atoms with Gasteiger partial charge in [0.1, 0.15) is 11.9 Å². The van der Waals surface area contributed by atoms with Gasteiger partial charge in [-0.05, 0) is 19.1 Å². The number of hydrogen-bond acceptors (Lipinski definition) is 9. The minimum atomic E-state index is -1.22. The Hall–Kier alpha value is -1.78. The van der Waals surface area contributed by atoms with Gasteiger partial charge in [0.15, 0.2) is 0 Å². The van der Waals surface area contributed by atoms with E-state index < -0.39 is 29.5 Å². The minimum absolute atomic E-state index is 0.000276. The van der Waals surface area contributed by atoms with Crippen LogP contribution in [0.15, 0.2) is 10.6 Å². The summed E-state index contributed by atoms with van der Waals surface area (Å²) < 4.78 is 0. The summed E-state index contributed by atoms with van der Waals surface area (Å²) >= 11 is 2.87. The van der Waals surface area contributed by atoms with Gasteiger partial charge >= 0.3 is 5.97 Å². The van der Waals surface area contributed by atoms with Crippen LogP contribution >= 0.6 is 23.5 Å². The number of hydrogen-bond donors (Lipinski definition) is 5. The molecule has 0 bridgehead atoms. The molecular formula is C21H30N4O6S2. The van der Waals surface area contributed by atoms with Crippen molar-refractivity contribution < 1.29 is 29.7 Å². The lowest BCUT2D eigenvalue weighted by Crippen LogP contribution is -2.63. The third-order valence-corrected chi connectivity index (χ3v) is 9.04. The number of carboxylic acid groups (broad SMARTS) is 1. The van der Waals surface area contributed by atoms with Gasteiger partial charge in [0.2, 0.25) is 11.8 Å². The van der Waals surface area contributed by atoms with Gasteiger partial charge < -0.3 is 30.9 Å². The number of aliphatic carboxylic acids is 1. The fourth-order valence-electron chi connectivity index (χ4n) is 4.85. The fourth-order valence-corrected chi connectivity index (χ4v) is 7.36. The number of aliphatic hydroxyl groups excluding tert-OH is 2. The first kappa shape index (κ1) is 25.8. The van der Waals surface area contributed by atoms with Crippen LogP contribution in [0.2, 0.25) is 0 Å². The molecule has 12 heteroatoms. The van der Waals surface area contributed by atoms with Crippen molar-refractivity contribution in [3.63, 3.8) is 0 Å². The molecule has 182 valence electrons. The molecule has 2 fully saturated rings. The lowest BCUT2D eigenvalue weighted by Gasteiger charge is -2.46. The Morgan fingerprint density at radius 2 is 2.09 bits per heavy atom. The molecule has 3 heterocycles. The molecule has 2 amide bonds. The van der Waals surface area contributed by atoms with E-state index in [-0.39, 0.29) is 47.2 Å². The van der Waals surface area contributed by atoms with E-state index in [0.717, 1.165) is 0 Å². The summed E-state index contributed by atoms with van der Waals surface area (Å²) in [6, 6.07) is 1.28. The van der Waals surface area contributed by atoms with Crippen LogP contribution in [0.3, 0.4) is 0 Å². The summed E-state index contributed by atoms with van der Waals surface area (Å²) in [5.74, 6) is -1.98. The zero-order chi connectivity index (χ0) is 24.4. The third kappa shape index (κ3) is 5.02.